The van der Waals surface area contributed by atoms with Gasteiger partial charge in [0.1, 0.15) is 0 Å². The number of ether oxygens (including phenoxy) is 1. The van der Waals surface area contributed by atoms with Gasteiger partial charge in [-0.15, -0.1) is 0 Å². The van der Waals surface area contributed by atoms with Crippen LogP contribution >= 0.6 is 0 Å². The molecule has 36 heavy (non-hydrogen) atoms. The third-order valence-corrected chi connectivity index (χ3v) is 9.06. The van der Waals surface area contributed by atoms with E-state index in [2.05, 4.69) is 19.1 Å². The van der Waals surface area contributed by atoms with Gasteiger partial charge in [-0.3, -0.25) is 0 Å². The highest BCUT2D eigenvalue weighted by Gasteiger charge is 2.26. The highest BCUT2D eigenvalue weighted by atomic mass is 19.2. The fourth-order valence-corrected chi connectivity index (χ4v) is 6.81. The molecule has 0 N–H and O–H groups in total. The first-order chi connectivity index (χ1) is 17.6. The predicted octanol–water partition coefficient (Wildman–Crippen LogP) is 9.87. The van der Waals surface area contributed by atoms with Crippen LogP contribution in [0.2, 0.25) is 0 Å². The van der Waals surface area contributed by atoms with Crippen LogP contribution in [0.25, 0.3) is 11.1 Å². The predicted molar refractivity (Wildman–Crippen MR) is 146 cm³/mol. The van der Waals surface area contributed by atoms with E-state index in [1.165, 1.54) is 63.4 Å². The Morgan fingerprint density at radius 2 is 1.36 bits per heavy atom. The van der Waals surface area contributed by atoms with E-state index in [1.807, 2.05) is 18.2 Å². The summed E-state index contributed by atoms with van der Waals surface area (Å²) in [6.07, 6.45) is 17.2. The molecule has 2 aromatic carbocycles. The minimum Gasteiger partial charge on any atom is -0.384 e. The summed E-state index contributed by atoms with van der Waals surface area (Å²) < 4.78 is 35.4. The third kappa shape index (κ3) is 7.18. The highest BCUT2D eigenvalue weighted by Crippen LogP contribution is 2.39. The number of hydrogen-bond acceptors (Lipinski definition) is 1. The van der Waals surface area contributed by atoms with Gasteiger partial charge >= 0.3 is 0 Å². The zero-order chi connectivity index (χ0) is 25.3. The monoisotopic (exact) mass is 496 g/mol. The number of halogens is 2. The molecule has 0 radical (unpaired) electrons. The van der Waals surface area contributed by atoms with Crippen molar-refractivity contribution in [1.29, 1.82) is 0 Å². The van der Waals surface area contributed by atoms with Crippen LogP contribution in [0.4, 0.5) is 8.78 Å². The normalized spacial score (nSPS) is 24.7. The van der Waals surface area contributed by atoms with Crippen molar-refractivity contribution in [3.8, 4) is 11.1 Å². The SMILES string of the molecule is CCCC1CCC(CCCCc2ccc(-c3ccc(C4CCC(COC)CC4)c(F)c3F)cc2)CC1. The van der Waals surface area contributed by atoms with E-state index in [1.54, 1.807) is 13.2 Å². The molecule has 0 unspecified atom stereocenters. The number of aryl methyl sites for hydroxylation is 1. The molecule has 2 aromatic rings. The Morgan fingerprint density at radius 3 is 2.00 bits per heavy atom. The Bertz CT molecular complexity index is 921. The van der Waals surface area contributed by atoms with Crippen LogP contribution in [0.5, 0.6) is 0 Å². The first kappa shape index (κ1) is 27.3. The second-order valence-electron chi connectivity index (χ2n) is 11.6. The van der Waals surface area contributed by atoms with Gasteiger partial charge in [0.05, 0.1) is 0 Å². The summed E-state index contributed by atoms with van der Waals surface area (Å²) in [5.74, 6) is 1.21. The summed E-state index contributed by atoms with van der Waals surface area (Å²) in [4.78, 5) is 0. The summed E-state index contributed by atoms with van der Waals surface area (Å²) in [7, 11) is 1.73. The zero-order valence-electron chi connectivity index (χ0n) is 22.5. The van der Waals surface area contributed by atoms with Crippen molar-refractivity contribution in [3.05, 3.63) is 59.2 Å². The van der Waals surface area contributed by atoms with E-state index >= 15 is 8.78 Å². The molecule has 0 amide bonds. The summed E-state index contributed by atoms with van der Waals surface area (Å²) in [5, 5.41) is 0. The van der Waals surface area contributed by atoms with Gasteiger partial charge in [0.25, 0.3) is 0 Å². The topological polar surface area (TPSA) is 9.23 Å². The lowest BCUT2D eigenvalue weighted by molar-refractivity contribution is 0.127. The minimum absolute atomic E-state index is 0.107. The molecule has 0 aromatic heterocycles. The van der Waals surface area contributed by atoms with Crippen LogP contribution in [0.1, 0.15) is 107 Å². The number of methoxy groups -OCH3 is 1. The van der Waals surface area contributed by atoms with Crippen LogP contribution in [0.3, 0.4) is 0 Å². The van der Waals surface area contributed by atoms with Crippen LogP contribution < -0.4 is 0 Å². The van der Waals surface area contributed by atoms with Crippen LogP contribution in [-0.2, 0) is 11.2 Å². The zero-order valence-corrected chi connectivity index (χ0v) is 22.5. The standard InChI is InChI=1S/C33H46F2O/c1-3-6-24-9-11-25(12-10-24)7-4-5-8-26-13-17-28(18-14-26)30-21-22-31(33(35)32(30)34)29-19-15-27(16-20-29)23-36-2/h13-14,17-18,21-22,24-25,27,29H,3-12,15-16,19-20,23H2,1-2H3. The second-order valence-corrected chi connectivity index (χ2v) is 11.6. The number of hydrogen-bond donors (Lipinski definition) is 0. The molecule has 2 fully saturated rings. The molecule has 2 saturated carbocycles. The molecule has 0 spiro atoms. The molecular weight excluding hydrogens is 450 g/mol. The van der Waals surface area contributed by atoms with Crippen molar-refractivity contribution in [2.75, 3.05) is 13.7 Å². The Hall–Kier alpha value is -1.74. The molecule has 4 rings (SSSR count). The Morgan fingerprint density at radius 1 is 0.722 bits per heavy atom. The van der Waals surface area contributed by atoms with Gasteiger partial charge in [0, 0.05) is 19.3 Å². The van der Waals surface area contributed by atoms with Gasteiger partial charge in [-0.25, -0.2) is 8.78 Å². The number of benzene rings is 2. The molecule has 0 atom stereocenters. The van der Waals surface area contributed by atoms with Gasteiger partial charge in [-0.05, 0) is 78.9 Å². The smallest absolute Gasteiger partial charge is 0.166 e. The van der Waals surface area contributed by atoms with Crippen LogP contribution in [0, 0.1) is 29.4 Å². The fourth-order valence-electron chi connectivity index (χ4n) is 6.81. The molecule has 2 aliphatic rings. The average Bonchev–Trinajstić information content (AvgIpc) is 2.91. The summed E-state index contributed by atoms with van der Waals surface area (Å²) in [6.45, 7) is 3.07. The highest BCUT2D eigenvalue weighted by molar-refractivity contribution is 5.65. The quantitative estimate of drug-likeness (QED) is 0.281. The Kier molecular flexibility index (Phi) is 10.4. The van der Waals surface area contributed by atoms with E-state index in [4.69, 9.17) is 4.74 Å². The van der Waals surface area contributed by atoms with Crippen LogP contribution in [-0.4, -0.2) is 13.7 Å². The average molecular weight is 497 g/mol. The van der Waals surface area contributed by atoms with Crippen molar-refractivity contribution < 1.29 is 13.5 Å². The molecule has 2 aliphatic carbocycles. The van der Waals surface area contributed by atoms with Crippen molar-refractivity contribution in [1.82, 2.24) is 0 Å². The first-order valence-corrected chi connectivity index (χ1v) is 14.6. The molecule has 3 heteroatoms. The van der Waals surface area contributed by atoms with Crippen molar-refractivity contribution in [2.45, 2.75) is 103 Å². The van der Waals surface area contributed by atoms with Gasteiger partial charge in [0.2, 0.25) is 0 Å². The molecule has 0 heterocycles. The minimum atomic E-state index is -0.701. The summed E-state index contributed by atoms with van der Waals surface area (Å²) >= 11 is 0. The summed E-state index contributed by atoms with van der Waals surface area (Å²) in [6, 6.07) is 11.7. The molecular formula is C33H46F2O. The van der Waals surface area contributed by atoms with Gasteiger partial charge in [0.15, 0.2) is 11.6 Å². The Balaban J connectivity index is 1.26. The van der Waals surface area contributed by atoms with E-state index in [9.17, 15) is 0 Å². The number of unbranched alkanes of at least 4 members (excludes halogenated alkanes) is 1. The molecule has 1 nitrogen and oxygen atoms in total. The maximum absolute atomic E-state index is 15.1. The van der Waals surface area contributed by atoms with E-state index < -0.39 is 11.6 Å². The summed E-state index contributed by atoms with van der Waals surface area (Å²) in [5.41, 5.74) is 2.96. The molecule has 0 bridgehead atoms. The Labute approximate surface area is 218 Å². The fraction of sp³-hybridized carbons (Fsp3) is 0.636. The lowest BCUT2D eigenvalue weighted by Gasteiger charge is -2.28. The maximum Gasteiger partial charge on any atom is 0.166 e. The van der Waals surface area contributed by atoms with E-state index in [0.29, 0.717) is 17.0 Å². The number of rotatable bonds is 11. The molecule has 0 saturated heterocycles. The van der Waals surface area contributed by atoms with Gasteiger partial charge < -0.3 is 4.74 Å². The van der Waals surface area contributed by atoms with E-state index in [0.717, 1.165) is 56.1 Å². The molecule has 0 aliphatic heterocycles. The van der Waals surface area contributed by atoms with Crippen LogP contribution in [0.15, 0.2) is 36.4 Å². The second kappa shape index (κ2) is 13.7. The lowest BCUT2D eigenvalue weighted by Crippen LogP contribution is -2.18. The third-order valence-electron chi connectivity index (χ3n) is 9.06. The van der Waals surface area contributed by atoms with Crippen molar-refractivity contribution in [3.63, 3.8) is 0 Å². The largest absolute Gasteiger partial charge is 0.384 e. The van der Waals surface area contributed by atoms with Gasteiger partial charge in [-0.1, -0.05) is 94.7 Å². The van der Waals surface area contributed by atoms with Crippen molar-refractivity contribution in [2.24, 2.45) is 17.8 Å². The van der Waals surface area contributed by atoms with Crippen molar-refractivity contribution >= 4 is 0 Å². The maximum atomic E-state index is 15.1. The lowest BCUT2D eigenvalue weighted by atomic mass is 9.78. The van der Waals surface area contributed by atoms with Gasteiger partial charge in [-0.2, -0.15) is 0 Å². The van der Waals surface area contributed by atoms with E-state index in [-0.39, 0.29) is 5.92 Å². The molecule has 198 valence electrons. The first-order valence-electron chi connectivity index (χ1n) is 14.6.